The first-order valence-corrected chi connectivity index (χ1v) is 3.84. The largest absolute Gasteiger partial charge is 0.506 e. The Morgan fingerprint density at radius 3 is 2.58 bits per heavy atom. The van der Waals surface area contributed by atoms with Gasteiger partial charge in [0, 0.05) is 10.6 Å². The number of hydrogen-bond donors (Lipinski definition) is 1. The van der Waals surface area contributed by atoms with Crippen LogP contribution in [-0.2, 0) is 0 Å². The monoisotopic (exact) mass is 181 g/mol. The second kappa shape index (κ2) is 3.04. The number of halogens is 1. The van der Waals surface area contributed by atoms with Gasteiger partial charge in [0.25, 0.3) is 0 Å². The van der Waals surface area contributed by atoms with E-state index in [1.165, 1.54) is 0 Å². The molecule has 0 radical (unpaired) electrons. The van der Waals surface area contributed by atoms with Crippen LogP contribution in [0.3, 0.4) is 0 Å². The van der Waals surface area contributed by atoms with E-state index in [1.807, 2.05) is 6.07 Å². The molecule has 1 aromatic carbocycles. The molecule has 2 nitrogen and oxygen atoms in total. The van der Waals surface area contributed by atoms with Crippen LogP contribution in [0.2, 0.25) is 5.02 Å². The summed E-state index contributed by atoms with van der Waals surface area (Å²) in [7, 11) is 0. The summed E-state index contributed by atoms with van der Waals surface area (Å²) in [5.74, 6) is -0.0116. The highest BCUT2D eigenvalue weighted by Gasteiger charge is 2.10. The van der Waals surface area contributed by atoms with Crippen molar-refractivity contribution in [3.05, 3.63) is 27.8 Å². The Balaban J connectivity index is 3.54. The molecule has 0 saturated carbocycles. The van der Waals surface area contributed by atoms with Gasteiger partial charge in [0.15, 0.2) is 0 Å². The Bertz CT molecular complexity index is 366. The summed E-state index contributed by atoms with van der Waals surface area (Å²) in [5.41, 5.74) is 1.56. The van der Waals surface area contributed by atoms with Crippen LogP contribution >= 0.6 is 11.6 Å². The summed E-state index contributed by atoms with van der Waals surface area (Å²) in [6.07, 6.45) is 0. The zero-order chi connectivity index (χ0) is 9.30. The van der Waals surface area contributed by atoms with Crippen molar-refractivity contribution in [2.45, 2.75) is 13.8 Å². The third-order valence-electron chi connectivity index (χ3n) is 1.80. The second-order valence-corrected chi connectivity index (χ2v) is 3.04. The van der Waals surface area contributed by atoms with E-state index in [4.69, 9.17) is 16.9 Å². The summed E-state index contributed by atoms with van der Waals surface area (Å²) < 4.78 is 0. The molecular weight excluding hydrogens is 174 g/mol. The lowest BCUT2D eigenvalue weighted by molar-refractivity contribution is 0.469. The highest BCUT2D eigenvalue weighted by molar-refractivity contribution is 6.31. The average Bonchev–Trinajstić information content (AvgIpc) is 2.01. The fourth-order valence-electron chi connectivity index (χ4n) is 0.999. The van der Waals surface area contributed by atoms with E-state index in [-0.39, 0.29) is 5.75 Å². The Labute approximate surface area is 76.0 Å². The van der Waals surface area contributed by atoms with Gasteiger partial charge in [-0.05, 0) is 25.5 Å². The molecule has 0 saturated heterocycles. The molecule has 1 N–H and O–H groups in total. The van der Waals surface area contributed by atoms with E-state index in [0.717, 1.165) is 0 Å². The van der Waals surface area contributed by atoms with Crippen molar-refractivity contribution >= 4 is 11.6 Å². The average molecular weight is 182 g/mol. The zero-order valence-corrected chi connectivity index (χ0v) is 7.61. The van der Waals surface area contributed by atoms with E-state index in [9.17, 15) is 5.11 Å². The predicted molar refractivity (Wildman–Crippen MR) is 47.3 cm³/mol. The number of hydrogen-bond acceptors (Lipinski definition) is 2. The molecule has 0 bridgehead atoms. The van der Waals surface area contributed by atoms with E-state index in [2.05, 4.69) is 0 Å². The topological polar surface area (TPSA) is 44.0 Å². The number of phenolic OH excluding ortho intramolecular Hbond substituents is 1. The molecule has 12 heavy (non-hydrogen) atoms. The SMILES string of the molecule is Cc1cc(Cl)c(C)c(O)c1C#N. The van der Waals surface area contributed by atoms with E-state index in [0.29, 0.717) is 21.7 Å². The molecule has 62 valence electrons. The van der Waals surface area contributed by atoms with Crippen molar-refractivity contribution < 1.29 is 5.11 Å². The standard InChI is InChI=1S/C9H8ClNO/c1-5-3-8(10)6(2)9(12)7(5)4-11/h3,12H,1-2H3. The highest BCUT2D eigenvalue weighted by Crippen LogP contribution is 2.30. The van der Waals surface area contributed by atoms with Crippen LogP contribution in [0.5, 0.6) is 5.75 Å². The smallest absolute Gasteiger partial charge is 0.137 e. The van der Waals surface area contributed by atoms with Crippen LogP contribution in [0, 0.1) is 25.2 Å². The van der Waals surface area contributed by atoms with Crippen molar-refractivity contribution in [1.82, 2.24) is 0 Å². The third kappa shape index (κ3) is 1.24. The van der Waals surface area contributed by atoms with Crippen LogP contribution in [0.1, 0.15) is 16.7 Å². The molecule has 1 rings (SSSR count). The van der Waals surface area contributed by atoms with Gasteiger partial charge in [-0.25, -0.2) is 0 Å². The van der Waals surface area contributed by atoms with E-state index < -0.39 is 0 Å². The van der Waals surface area contributed by atoms with Crippen molar-refractivity contribution in [2.75, 3.05) is 0 Å². The minimum atomic E-state index is -0.0116. The molecule has 3 heteroatoms. The van der Waals surface area contributed by atoms with E-state index >= 15 is 0 Å². The van der Waals surface area contributed by atoms with Gasteiger partial charge in [0.1, 0.15) is 11.8 Å². The molecular formula is C9H8ClNO. The summed E-state index contributed by atoms with van der Waals surface area (Å²) in [5, 5.41) is 18.6. The maximum absolute atomic E-state index is 9.45. The van der Waals surface area contributed by atoms with Gasteiger partial charge in [-0.2, -0.15) is 5.26 Å². The predicted octanol–water partition coefficient (Wildman–Crippen LogP) is 2.53. The molecule has 0 heterocycles. The van der Waals surface area contributed by atoms with Crippen LogP contribution in [0.25, 0.3) is 0 Å². The van der Waals surface area contributed by atoms with Crippen LogP contribution in [0.4, 0.5) is 0 Å². The minimum Gasteiger partial charge on any atom is -0.506 e. The Kier molecular flexibility index (Phi) is 2.25. The normalized spacial score (nSPS) is 9.50. The quantitative estimate of drug-likeness (QED) is 0.669. The molecule has 0 aromatic heterocycles. The van der Waals surface area contributed by atoms with Crippen molar-refractivity contribution in [3.63, 3.8) is 0 Å². The lowest BCUT2D eigenvalue weighted by Gasteiger charge is -2.05. The fraction of sp³-hybridized carbons (Fsp3) is 0.222. The van der Waals surface area contributed by atoms with Gasteiger partial charge < -0.3 is 5.11 Å². The number of benzene rings is 1. The zero-order valence-electron chi connectivity index (χ0n) is 6.85. The van der Waals surface area contributed by atoms with Crippen LogP contribution < -0.4 is 0 Å². The van der Waals surface area contributed by atoms with Crippen molar-refractivity contribution in [2.24, 2.45) is 0 Å². The lowest BCUT2D eigenvalue weighted by Crippen LogP contribution is -1.87. The van der Waals surface area contributed by atoms with Gasteiger partial charge in [-0.3, -0.25) is 0 Å². The number of nitriles is 1. The molecule has 0 unspecified atom stereocenters. The molecule has 0 spiro atoms. The maximum atomic E-state index is 9.45. The van der Waals surface area contributed by atoms with Crippen LogP contribution in [-0.4, -0.2) is 5.11 Å². The summed E-state index contributed by atoms with van der Waals surface area (Å²) >= 11 is 5.78. The van der Waals surface area contributed by atoms with Crippen molar-refractivity contribution in [1.29, 1.82) is 5.26 Å². The van der Waals surface area contributed by atoms with Gasteiger partial charge in [-0.15, -0.1) is 0 Å². The molecule has 0 aliphatic rings. The first-order chi connectivity index (χ1) is 5.57. The van der Waals surface area contributed by atoms with Gasteiger partial charge in [0.05, 0.1) is 5.56 Å². The molecule has 0 aliphatic carbocycles. The van der Waals surface area contributed by atoms with E-state index in [1.54, 1.807) is 19.9 Å². The number of aromatic hydroxyl groups is 1. The first-order valence-electron chi connectivity index (χ1n) is 3.46. The summed E-state index contributed by atoms with van der Waals surface area (Å²) in [6.45, 7) is 3.42. The minimum absolute atomic E-state index is 0.0116. The molecule has 1 aromatic rings. The highest BCUT2D eigenvalue weighted by atomic mass is 35.5. The van der Waals surface area contributed by atoms with Gasteiger partial charge in [0.2, 0.25) is 0 Å². The van der Waals surface area contributed by atoms with Crippen molar-refractivity contribution in [3.8, 4) is 11.8 Å². The molecule has 0 amide bonds. The van der Waals surface area contributed by atoms with Gasteiger partial charge in [-0.1, -0.05) is 11.6 Å². The Hall–Kier alpha value is -1.20. The Morgan fingerprint density at radius 2 is 2.08 bits per heavy atom. The van der Waals surface area contributed by atoms with Gasteiger partial charge >= 0.3 is 0 Å². The maximum Gasteiger partial charge on any atom is 0.137 e. The Morgan fingerprint density at radius 1 is 1.50 bits per heavy atom. The summed E-state index contributed by atoms with van der Waals surface area (Å²) in [4.78, 5) is 0. The lowest BCUT2D eigenvalue weighted by atomic mass is 10.1. The second-order valence-electron chi connectivity index (χ2n) is 2.64. The number of phenols is 1. The van der Waals surface area contributed by atoms with Crippen LogP contribution in [0.15, 0.2) is 6.07 Å². The number of aryl methyl sites for hydroxylation is 1. The molecule has 0 fully saturated rings. The number of nitrogens with zero attached hydrogens (tertiary/aromatic N) is 1. The first kappa shape index (κ1) is 8.89. The number of rotatable bonds is 0. The fourth-order valence-corrected chi connectivity index (χ4v) is 1.25. The molecule has 0 atom stereocenters. The summed E-state index contributed by atoms with van der Waals surface area (Å²) in [6, 6.07) is 3.60. The third-order valence-corrected chi connectivity index (χ3v) is 2.19. The molecule has 0 aliphatic heterocycles.